The lowest BCUT2D eigenvalue weighted by Crippen LogP contribution is -2.44. The van der Waals surface area contributed by atoms with E-state index in [1.807, 2.05) is 0 Å². The summed E-state index contributed by atoms with van der Waals surface area (Å²) in [6.45, 7) is 2.40. The summed E-state index contributed by atoms with van der Waals surface area (Å²) in [4.78, 5) is 2.45. The second-order valence-electron chi connectivity index (χ2n) is 5.04. The van der Waals surface area contributed by atoms with Crippen LogP contribution in [0.4, 0.5) is 0 Å². The Morgan fingerprint density at radius 2 is 1.76 bits per heavy atom. The van der Waals surface area contributed by atoms with E-state index in [1.165, 1.54) is 44.3 Å². The van der Waals surface area contributed by atoms with E-state index in [4.69, 9.17) is 5.73 Å². The molecule has 1 unspecified atom stereocenters. The topological polar surface area (TPSA) is 29.3 Å². The summed E-state index contributed by atoms with van der Waals surface area (Å²) in [5, 5.41) is 0. The fourth-order valence-corrected chi connectivity index (χ4v) is 2.59. The Kier molecular flexibility index (Phi) is 5.02. The van der Waals surface area contributed by atoms with Crippen molar-refractivity contribution < 1.29 is 0 Å². The number of nitrogens with two attached hydrogens (primary N) is 1. The lowest BCUT2D eigenvalue weighted by molar-refractivity contribution is 0.157. The van der Waals surface area contributed by atoms with Gasteiger partial charge in [0, 0.05) is 0 Å². The molecule has 94 valence electrons. The van der Waals surface area contributed by atoms with Crippen LogP contribution >= 0.6 is 0 Å². The first-order valence-corrected chi connectivity index (χ1v) is 6.90. The zero-order valence-corrected chi connectivity index (χ0v) is 10.6. The van der Waals surface area contributed by atoms with Gasteiger partial charge in [-0.1, -0.05) is 36.8 Å². The first-order chi connectivity index (χ1) is 8.36. The van der Waals surface area contributed by atoms with E-state index in [1.54, 1.807) is 0 Å². The molecule has 0 saturated carbocycles. The van der Waals surface area contributed by atoms with Crippen LogP contribution in [0.2, 0.25) is 0 Å². The number of nitrogens with zero attached hydrogens (tertiary/aromatic N) is 1. The van der Waals surface area contributed by atoms with E-state index in [0.29, 0.717) is 0 Å². The third-order valence-corrected chi connectivity index (χ3v) is 3.67. The van der Waals surface area contributed by atoms with Gasteiger partial charge in [-0.15, -0.1) is 0 Å². The molecule has 1 fully saturated rings. The van der Waals surface area contributed by atoms with Crippen molar-refractivity contribution in [2.75, 3.05) is 13.1 Å². The molecule has 1 atom stereocenters. The summed E-state index contributed by atoms with van der Waals surface area (Å²) in [6.07, 6.45) is 7.78. The highest BCUT2D eigenvalue weighted by Crippen LogP contribution is 2.13. The molecule has 17 heavy (non-hydrogen) atoms. The number of benzene rings is 1. The van der Waals surface area contributed by atoms with Crippen molar-refractivity contribution in [3.63, 3.8) is 0 Å². The van der Waals surface area contributed by atoms with Crippen molar-refractivity contribution in [1.82, 2.24) is 4.90 Å². The van der Waals surface area contributed by atoms with Crippen molar-refractivity contribution >= 4 is 0 Å². The number of rotatable bonds is 5. The van der Waals surface area contributed by atoms with E-state index >= 15 is 0 Å². The molecule has 1 heterocycles. The predicted octanol–water partition coefficient (Wildman–Crippen LogP) is 2.78. The third kappa shape index (κ3) is 4.14. The molecule has 1 saturated heterocycles. The van der Waals surface area contributed by atoms with Gasteiger partial charge in [0.25, 0.3) is 0 Å². The van der Waals surface area contributed by atoms with Crippen molar-refractivity contribution in [3.05, 3.63) is 35.9 Å². The quantitative estimate of drug-likeness (QED) is 0.846. The lowest BCUT2D eigenvalue weighted by Gasteiger charge is -2.32. The Morgan fingerprint density at radius 3 is 2.47 bits per heavy atom. The molecule has 0 spiro atoms. The first-order valence-electron chi connectivity index (χ1n) is 6.90. The molecule has 0 aromatic heterocycles. The monoisotopic (exact) mass is 232 g/mol. The maximum atomic E-state index is 6.24. The van der Waals surface area contributed by atoms with Crippen LogP contribution in [0.15, 0.2) is 30.3 Å². The van der Waals surface area contributed by atoms with E-state index in [0.717, 1.165) is 12.8 Å². The van der Waals surface area contributed by atoms with Crippen LogP contribution in [0.5, 0.6) is 0 Å². The fourth-order valence-electron chi connectivity index (χ4n) is 2.59. The summed E-state index contributed by atoms with van der Waals surface area (Å²) < 4.78 is 0. The smallest absolute Gasteiger partial charge is 0.0571 e. The van der Waals surface area contributed by atoms with Gasteiger partial charge in [-0.25, -0.2) is 0 Å². The van der Waals surface area contributed by atoms with Gasteiger partial charge in [0.05, 0.1) is 6.17 Å². The SMILES string of the molecule is NC(CCCc1ccccc1)N1CCCCC1. The Bertz CT molecular complexity index is 304. The second kappa shape index (κ2) is 6.77. The minimum Gasteiger partial charge on any atom is -0.316 e. The van der Waals surface area contributed by atoms with Gasteiger partial charge >= 0.3 is 0 Å². The van der Waals surface area contributed by atoms with Crippen molar-refractivity contribution in [2.24, 2.45) is 5.73 Å². The molecule has 1 aliphatic rings. The van der Waals surface area contributed by atoms with Crippen LogP contribution in [0, 0.1) is 0 Å². The van der Waals surface area contributed by atoms with Gasteiger partial charge in [-0.05, 0) is 50.8 Å². The molecule has 2 rings (SSSR count). The maximum absolute atomic E-state index is 6.24. The summed E-state index contributed by atoms with van der Waals surface area (Å²) in [5.41, 5.74) is 7.67. The average molecular weight is 232 g/mol. The Balaban J connectivity index is 1.67. The molecule has 2 heteroatoms. The third-order valence-electron chi connectivity index (χ3n) is 3.67. The zero-order chi connectivity index (χ0) is 11.9. The zero-order valence-electron chi connectivity index (χ0n) is 10.6. The number of aryl methyl sites for hydroxylation is 1. The molecule has 1 aliphatic heterocycles. The lowest BCUT2D eigenvalue weighted by atomic mass is 10.1. The molecule has 0 bridgehead atoms. The van der Waals surface area contributed by atoms with Gasteiger partial charge in [0.2, 0.25) is 0 Å². The van der Waals surface area contributed by atoms with Crippen LogP contribution in [0.1, 0.15) is 37.7 Å². The van der Waals surface area contributed by atoms with Gasteiger partial charge < -0.3 is 5.73 Å². The second-order valence-corrected chi connectivity index (χ2v) is 5.04. The van der Waals surface area contributed by atoms with Crippen LogP contribution in [-0.4, -0.2) is 24.2 Å². The summed E-state index contributed by atoms with van der Waals surface area (Å²) in [5.74, 6) is 0. The first kappa shape index (κ1) is 12.6. The number of piperidine rings is 1. The van der Waals surface area contributed by atoms with Crippen molar-refractivity contribution in [1.29, 1.82) is 0 Å². The van der Waals surface area contributed by atoms with E-state index in [9.17, 15) is 0 Å². The van der Waals surface area contributed by atoms with Gasteiger partial charge in [-0.3, -0.25) is 4.90 Å². The molecule has 2 N–H and O–H groups in total. The van der Waals surface area contributed by atoms with Gasteiger partial charge in [-0.2, -0.15) is 0 Å². The maximum Gasteiger partial charge on any atom is 0.0571 e. The highest BCUT2D eigenvalue weighted by atomic mass is 15.2. The van der Waals surface area contributed by atoms with Crippen molar-refractivity contribution in [3.8, 4) is 0 Å². The molecule has 2 nitrogen and oxygen atoms in total. The molecular formula is C15H24N2. The van der Waals surface area contributed by atoms with Crippen LogP contribution in [-0.2, 0) is 6.42 Å². The number of hydrogen-bond acceptors (Lipinski definition) is 2. The molecule has 0 amide bonds. The highest BCUT2D eigenvalue weighted by Gasteiger charge is 2.16. The average Bonchev–Trinajstić information content (AvgIpc) is 2.41. The largest absolute Gasteiger partial charge is 0.316 e. The Morgan fingerprint density at radius 1 is 1.06 bits per heavy atom. The normalized spacial score (nSPS) is 19.1. The van der Waals surface area contributed by atoms with E-state index in [-0.39, 0.29) is 6.17 Å². The molecule has 0 radical (unpaired) electrons. The van der Waals surface area contributed by atoms with Crippen LogP contribution < -0.4 is 5.73 Å². The Labute approximate surface area is 105 Å². The van der Waals surface area contributed by atoms with Gasteiger partial charge in [0.1, 0.15) is 0 Å². The van der Waals surface area contributed by atoms with Crippen molar-refractivity contribution in [2.45, 2.75) is 44.7 Å². The minimum absolute atomic E-state index is 0.277. The molecule has 1 aromatic rings. The summed E-state index contributed by atoms with van der Waals surface area (Å²) in [6, 6.07) is 10.7. The predicted molar refractivity (Wildman–Crippen MR) is 72.8 cm³/mol. The highest BCUT2D eigenvalue weighted by molar-refractivity contribution is 5.14. The minimum atomic E-state index is 0.277. The fraction of sp³-hybridized carbons (Fsp3) is 0.600. The molecule has 1 aromatic carbocycles. The van der Waals surface area contributed by atoms with E-state index in [2.05, 4.69) is 35.2 Å². The number of likely N-dealkylation sites (tertiary alicyclic amines) is 1. The van der Waals surface area contributed by atoms with E-state index < -0.39 is 0 Å². The standard InChI is InChI=1S/C15H24N2/c16-15(17-12-5-2-6-13-17)11-7-10-14-8-3-1-4-9-14/h1,3-4,8-9,15H,2,5-7,10-13,16H2. The molecular weight excluding hydrogens is 208 g/mol. The van der Waals surface area contributed by atoms with Gasteiger partial charge in [0.15, 0.2) is 0 Å². The van der Waals surface area contributed by atoms with Crippen LogP contribution in [0.3, 0.4) is 0 Å². The summed E-state index contributed by atoms with van der Waals surface area (Å²) >= 11 is 0. The molecule has 0 aliphatic carbocycles. The Hall–Kier alpha value is -0.860. The van der Waals surface area contributed by atoms with Crippen LogP contribution in [0.25, 0.3) is 0 Å². The summed E-state index contributed by atoms with van der Waals surface area (Å²) in [7, 11) is 0. The number of hydrogen-bond donors (Lipinski definition) is 1.